The van der Waals surface area contributed by atoms with Crippen LogP contribution in [0.4, 0.5) is 0 Å². The van der Waals surface area contributed by atoms with Crippen LogP contribution in [0.5, 0.6) is 0 Å². The van der Waals surface area contributed by atoms with Gasteiger partial charge >= 0.3 is 0 Å². The van der Waals surface area contributed by atoms with E-state index < -0.39 is 11.6 Å². The molecule has 0 fully saturated rings. The van der Waals surface area contributed by atoms with Gasteiger partial charge in [0.1, 0.15) is 0 Å². The van der Waals surface area contributed by atoms with Gasteiger partial charge in [0.2, 0.25) is 5.78 Å². The fourth-order valence-corrected chi connectivity index (χ4v) is 3.34. The zero-order valence-corrected chi connectivity index (χ0v) is 13.2. The maximum Gasteiger partial charge on any atom is 0.206 e. The molecule has 0 aliphatic heterocycles. The van der Waals surface area contributed by atoms with Crippen LogP contribution in [0.1, 0.15) is 5.56 Å². The van der Waals surface area contributed by atoms with E-state index in [4.69, 9.17) is 23.2 Å². The van der Waals surface area contributed by atoms with Crippen LogP contribution in [-0.2, 0) is 9.59 Å². The Hall–Kier alpha value is -2.36. The second kappa shape index (κ2) is 5.08. The van der Waals surface area contributed by atoms with Crippen molar-refractivity contribution in [2.45, 2.75) is 0 Å². The van der Waals surface area contributed by atoms with Gasteiger partial charge in [-0.3, -0.25) is 9.59 Å². The van der Waals surface area contributed by atoms with Crippen molar-refractivity contribution >= 4 is 62.0 Å². The fraction of sp³-hybridized carbons (Fsp3) is 0. The summed E-state index contributed by atoms with van der Waals surface area (Å²) in [5, 5.41) is 2.71. The minimum absolute atomic E-state index is 0.103. The van der Waals surface area contributed by atoms with Gasteiger partial charge in [0, 0.05) is 28.6 Å². The van der Waals surface area contributed by atoms with Gasteiger partial charge in [0.05, 0.1) is 21.2 Å². The number of hydrogen-bond acceptors (Lipinski definition) is 2. The number of aromatic nitrogens is 1. The van der Waals surface area contributed by atoms with Crippen LogP contribution in [0, 0.1) is 0 Å². The number of halogens is 2. The zero-order valence-electron chi connectivity index (χ0n) is 11.7. The minimum Gasteiger partial charge on any atom is -0.360 e. The molecule has 112 valence electrons. The molecule has 1 heterocycles. The largest absolute Gasteiger partial charge is 0.360 e. The van der Waals surface area contributed by atoms with E-state index in [2.05, 4.69) is 4.98 Å². The first-order chi connectivity index (χ1) is 11.1. The number of benzene rings is 2. The molecule has 23 heavy (non-hydrogen) atoms. The van der Waals surface area contributed by atoms with Gasteiger partial charge in [-0.25, -0.2) is 0 Å². The highest BCUT2D eigenvalue weighted by molar-refractivity contribution is 6.62. The number of nitrogens with one attached hydrogen (secondary N) is 1. The first kappa shape index (κ1) is 14.2. The lowest BCUT2D eigenvalue weighted by atomic mass is 9.94. The van der Waals surface area contributed by atoms with E-state index in [1.54, 1.807) is 6.20 Å². The molecule has 0 spiro atoms. The van der Waals surface area contributed by atoms with Crippen molar-refractivity contribution in [3.05, 3.63) is 64.3 Å². The number of aromatic amines is 1. The van der Waals surface area contributed by atoms with Gasteiger partial charge < -0.3 is 4.98 Å². The molecule has 1 N–H and O–H groups in total. The maximum atomic E-state index is 12.4. The molecule has 1 aliphatic carbocycles. The molecule has 0 bridgehead atoms. The second-order valence-electron chi connectivity index (χ2n) is 5.29. The van der Waals surface area contributed by atoms with Crippen LogP contribution < -0.4 is 0 Å². The summed E-state index contributed by atoms with van der Waals surface area (Å²) in [6.07, 6.45) is 2.75. The number of carbonyl (C=O) groups is 2. The standard InChI is InChI=1S/C18H9Cl2NO2/c19-13-7-14(22)16(20)15(18(13)23)12-8-21-17-10-4-2-1-3-9(10)5-6-11(12)17/h1-8,21H. The number of rotatable bonds is 1. The van der Waals surface area contributed by atoms with Crippen molar-refractivity contribution in [1.29, 1.82) is 0 Å². The molecular weight excluding hydrogens is 333 g/mol. The van der Waals surface area contributed by atoms with Crippen molar-refractivity contribution < 1.29 is 9.59 Å². The second-order valence-corrected chi connectivity index (χ2v) is 6.07. The molecule has 0 amide bonds. The van der Waals surface area contributed by atoms with Crippen molar-refractivity contribution in [1.82, 2.24) is 4.98 Å². The first-order valence-corrected chi connectivity index (χ1v) is 7.68. The summed E-state index contributed by atoms with van der Waals surface area (Å²) >= 11 is 12.0. The van der Waals surface area contributed by atoms with E-state index in [0.29, 0.717) is 5.56 Å². The lowest BCUT2D eigenvalue weighted by molar-refractivity contribution is -0.113. The van der Waals surface area contributed by atoms with Gasteiger partial charge in [0.15, 0.2) is 5.78 Å². The normalized spacial score (nSPS) is 15.7. The first-order valence-electron chi connectivity index (χ1n) is 6.93. The molecule has 1 aromatic heterocycles. The summed E-state index contributed by atoms with van der Waals surface area (Å²) in [6.45, 7) is 0. The Kier molecular flexibility index (Phi) is 3.15. The summed E-state index contributed by atoms with van der Waals surface area (Å²) in [4.78, 5) is 27.4. The summed E-state index contributed by atoms with van der Waals surface area (Å²) in [5.41, 5.74) is 1.62. The number of carbonyl (C=O) groups excluding carboxylic acids is 2. The number of hydrogen-bond donors (Lipinski definition) is 1. The Balaban J connectivity index is 2.04. The van der Waals surface area contributed by atoms with Gasteiger partial charge in [-0.15, -0.1) is 0 Å². The Morgan fingerprint density at radius 2 is 1.70 bits per heavy atom. The Bertz CT molecular complexity index is 1070. The highest BCUT2D eigenvalue weighted by Gasteiger charge is 2.29. The molecule has 2 aromatic carbocycles. The van der Waals surface area contributed by atoms with Crippen LogP contribution in [0.2, 0.25) is 0 Å². The molecule has 5 heteroatoms. The predicted octanol–water partition coefficient (Wildman–Crippen LogP) is 4.55. The highest BCUT2D eigenvalue weighted by atomic mass is 35.5. The lowest BCUT2D eigenvalue weighted by Gasteiger charge is -2.12. The van der Waals surface area contributed by atoms with E-state index in [9.17, 15) is 9.59 Å². The molecule has 3 aromatic rings. The Morgan fingerprint density at radius 1 is 0.913 bits per heavy atom. The molecule has 3 nitrogen and oxygen atoms in total. The number of fused-ring (bicyclic) bond motifs is 3. The SMILES string of the molecule is O=C1C=C(Cl)C(=O)C(c2c[nH]c3c2ccc2ccccc23)=C1Cl. The zero-order chi connectivity index (χ0) is 16.1. The Labute approximate surface area is 141 Å². The number of Topliss-reactive ketones (excluding diaryl/α,β-unsaturated/α-hetero) is 1. The molecule has 0 atom stereocenters. The number of allylic oxidation sites excluding steroid dienone is 4. The van der Waals surface area contributed by atoms with Gasteiger partial charge in [-0.1, -0.05) is 59.6 Å². The maximum absolute atomic E-state index is 12.4. The Morgan fingerprint density at radius 3 is 2.52 bits per heavy atom. The molecule has 0 unspecified atom stereocenters. The van der Waals surface area contributed by atoms with Crippen LogP contribution in [0.15, 0.2) is 58.7 Å². The summed E-state index contributed by atoms with van der Waals surface area (Å²) in [7, 11) is 0. The van der Waals surface area contributed by atoms with Gasteiger partial charge in [0.25, 0.3) is 0 Å². The smallest absolute Gasteiger partial charge is 0.206 e. The van der Waals surface area contributed by atoms with Crippen LogP contribution in [0.3, 0.4) is 0 Å². The molecule has 1 aliphatic rings. The van der Waals surface area contributed by atoms with E-state index in [1.165, 1.54) is 0 Å². The van der Waals surface area contributed by atoms with Crippen molar-refractivity contribution in [2.24, 2.45) is 0 Å². The molecule has 0 saturated heterocycles. The summed E-state index contributed by atoms with van der Waals surface area (Å²) < 4.78 is 0. The van der Waals surface area contributed by atoms with Gasteiger partial charge in [-0.2, -0.15) is 0 Å². The molecule has 4 rings (SSSR count). The molecule has 0 radical (unpaired) electrons. The van der Waals surface area contributed by atoms with Crippen LogP contribution in [0.25, 0.3) is 27.2 Å². The summed E-state index contributed by atoms with van der Waals surface area (Å²) in [5.74, 6) is -0.897. The van der Waals surface area contributed by atoms with E-state index in [-0.39, 0.29) is 15.6 Å². The summed E-state index contributed by atoms with van der Waals surface area (Å²) in [6, 6.07) is 11.8. The van der Waals surface area contributed by atoms with Crippen LogP contribution in [-0.4, -0.2) is 16.6 Å². The third-order valence-corrected chi connectivity index (χ3v) is 4.64. The quantitative estimate of drug-likeness (QED) is 0.660. The molecular formula is C18H9Cl2NO2. The van der Waals surface area contributed by atoms with E-state index in [1.807, 2.05) is 36.4 Å². The van der Waals surface area contributed by atoms with Crippen molar-refractivity contribution in [3.8, 4) is 0 Å². The van der Waals surface area contributed by atoms with E-state index >= 15 is 0 Å². The van der Waals surface area contributed by atoms with Crippen molar-refractivity contribution in [3.63, 3.8) is 0 Å². The van der Waals surface area contributed by atoms with Crippen molar-refractivity contribution in [2.75, 3.05) is 0 Å². The monoisotopic (exact) mass is 341 g/mol. The number of H-pyrrole nitrogens is 1. The molecule has 0 saturated carbocycles. The van der Waals surface area contributed by atoms with E-state index in [0.717, 1.165) is 27.8 Å². The highest BCUT2D eigenvalue weighted by Crippen LogP contribution is 2.37. The minimum atomic E-state index is -0.457. The average molecular weight is 342 g/mol. The number of ketones is 2. The third-order valence-electron chi connectivity index (χ3n) is 3.99. The van der Waals surface area contributed by atoms with Crippen LogP contribution >= 0.6 is 23.2 Å². The predicted molar refractivity (Wildman–Crippen MR) is 92.5 cm³/mol. The third kappa shape index (κ3) is 2.05. The van der Waals surface area contributed by atoms with Gasteiger partial charge in [-0.05, 0) is 5.39 Å². The topological polar surface area (TPSA) is 49.9 Å². The lowest BCUT2D eigenvalue weighted by Crippen LogP contribution is -2.13. The average Bonchev–Trinajstić information content (AvgIpc) is 2.98. The fourth-order valence-electron chi connectivity index (χ4n) is 2.91.